The highest BCUT2D eigenvalue weighted by Crippen LogP contribution is 2.36. The lowest BCUT2D eigenvalue weighted by molar-refractivity contribution is -0.305. The summed E-state index contributed by atoms with van der Waals surface area (Å²) >= 11 is 0. The number of ether oxygens (including phenoxy) is 1. The van der Waals surface area contributed by atoms with E-state index >= 15 is 0 Å². The molecule has 1 N–H and O–H groups in total. The van der Waals surface area contributed by atoms with E-state index in [-0.39, 0.29) is 19.4 Å². The van der Waals surface area contributed by atoms with Crippen LogP contribution in [0.5, 0.6) is 0 Å². The predicted octanol–water partition coefficient (Wildman–Crippen LogP) is -0.544. The minimum Gasteiger partial charge on any atom is -0.550 e. The molecule has 1 heterocycles. The van der Waals surface area contributed by atoms with Crippen molar-refractivity contribution in [3.05, 3.63) is 0 Å². The molecular weight excluding hydrogens is 214 g/mol. The molecule has 6 nitrogen and oxygen atoms in total. The molecule has 1 unspecified atom stereocenters. The summed E-state index contributed by atoms with van der Waals surface area (Å²) < 4.78 is 5.01. The number of aliphatic carboxylic acids is 1. The van der Waals surface area contributed by atoms with Gasteiger partial charge >= 0.3 is 6.09 Å². The topological polar surface area (TPSA) is 89.9 Å². The summed E-state index contributed by atoms with van der Waals surface area (Å²) in [5.74, 6) is -1.17. The number of rotatable bonds is 4. The standard InChI is InChI=1S/C10H17NO5/c1-9(2)10(3,15)11(8(14)16-9)6-4-5-7(12)13/h15H,4-6H2,1-3H3,(H,12,13)/p-1. The van der Waals surface area contributed by atoms with Gasteiger partial charge in [0.25, 0.3) is 0 Å². The van der Waals surface area contributed by atoms with Gasteiger partial charge in [-0.05, 0) is 33.6 Å². The molecule has 1 rings (SSSR count). The molecule has 0 spiro atoms. The fourth-order valence-corrected chi connectivity index (χ4v) is 1.56. The second-order valence-corrected chi connectivity index (χ2v) is 4.53. The number of nitrogens with zero attached hydrogens (tertiary/aromatic N) is 1. The molecule has 0 aromatic carbocycles. The van der Waals surface area contributed by atoms with Gasteiger partial charge in [-0.2, -0.15) is 0 Å². The van der Waals surface area contributed by atoms with Crippen LogP contribution in [0.1, 0.15) is 33.6 Å². The van der Waals surface area contributed by atoms with Gasteiger partial charge in [0.1, 0.15) is 0 Å². The summed E-state index contributed by atoms with van der Waals surface area (Å²) in [6.07, 6.45) is -0.558. The first-order valence-electron chi connectivity index (χ1n) is 5.11. The van der Waals surface area contributed by atoms with Crippen molar-refractivity contribution in [3.8, 4) is 0 Å². The van der Waals surface area contributed by atoms with Crippen molar-refractivity contribution in [2.75, 3.05) is 6.54 Å². The summed E-state index contributed by atoms with van der Waals surface area (Å²) in [5, 5.41) is 20.4. The highest BCUT2D eigenvalue weighted by atomic mass is 16.6. The third kappa shape index (κ3) is 2.11. The van der Waals surface area contributed by atoms with Crippen LogP contribution in [-0.4, -0.2) is 39.9 Å². The number of carboxylic acids is 1. The second kappa shape index (κ2) is 3.93. The smallest absolute Gasteiger partial charge is 0.412 e. The lowest BCUT2D eigenvalue weighted by atomic mass is 9.96. The van der Waals surface area contributed by atoms with Crippen LogP contribution in [0.3, 0.4) is 0 Å². The van der Waals surface area contributed by atoms with E-state index in [0.29, 0.717) is 0 Å². The van der Waals surface area contributed by atoms with E-state index < -0.39 is 23.4 Å². The first-order valence-corrected chi connectivity index (χ1v) is 5.11. The average molecular weight is 230 g/mol. The number of amides is 1. The highest BCUT2D eigenvalue weighted by Gasteiger charge is 2.56. The number of carbonyl (C=O) groups excluding carboxylic acids is 2. The van der Waals surface area contributed by atoms with Gasteiger partial charge in [0.05, 0.1) is 0 Å². The molecule has 1 aliphatic heterocycles. The van der Waals surface area contributed by atoms with Crippen LogP contribution in [0.2, 0.25) is 0 Å². The third-order valence-electron chi connectivity index (χ3n) is 2.99. The van der Waals surface area contributed by atoms with Gasteiger partial charge in [-0.3, -0.25) is 4.90 Å². The number of hydrogen-bond donors (Lipinski definition) is 1. The fraction of sp³-hybridized carbons (Fsp3) is 0.800. The van der Waals surface area contributed by atoms with E-state index in [9.17, 15) is 19.8 Å². The molecule has 0 aromatic heterocycles. The summed E-state index contributed by atoms with van der Waals surface area (Å²) in [5.41, 5.74) is -2.44. The van der Waals surface area contributed by atoms with Crippen LogP contribution in [-0.2, 0) is 9.53 Å². The maximum absolute atomic E-state index is 11.5. The van der Waals surface area contributed by atoms with Crippen molar-refractivity contribution >= 4 is 12.1 Å². The van der Waals surface area contributed by atoms with Gasteiger partial charge in [-0.1, -0.05) is 0 Å². The Morgan fingerprint density at radius 1 is 1.50 bits per heavy atom. The molecular formula is C10H16NO5-. The van der Waals surface area contributed by atoms with Crippen molar-refractivity contribution < 1.29 is 24.5 Å². The van der Waals surface area contributed by atoms with E-state index in [1.54, 1.807) is 13.8 Å². The minimum absolute atomic E-state index is 0.128. The third-order valence-corrected chi connectivity index (χ3v) is 2.99. The molecule has 1 fully saturated rings. The quantitative estimate of drug-likeness (QED) is 0.700. The Morgan fingerprint density at radius 2 is 2.06 bits per heavy atom. The Kier molecular flexibility index (Phi) is 3.14. The van der Waals surface area contributed by atoms with Gasteiger partial charge in [0.2, 0.25) is 0 Å². The Hall–Kier alpha value is -1.30. The molecule has 16 heavy (non-hydrogen) atoms. The van der Waals surface area contributed by atoms with Crippen LogP contribution in [0.15, 0.2) is 0 Å². The Bertz CT molecular complexity index is 310. The van der Waals surface area contributed by atoms with E-state index in [2.05, 4.69) is 0 Å². The van der Waals surface area contributed by atoms with Crippen LogP contribution < -0.4 is 5.11 Å². The van der Waals surface area contributed by atoms with Crippen molar-refractivity contribution in [2.24, 2.45) is 0 Å². The van der Waals surface area contributed by atoms with Gasteiger partial charge in [-0.25, -0.2) is 4.79 Å². The van der Waals surface area contributed by atoms with Crippen LogP contribution in [0.25, 0.3) is 0 Å². The zero-order chi connectivity index (χ0) is 12.6. The normalized spacial score (nSPS) is 28.0. The lowest BCUT2D eigenvalue weighted by Gasteiger charge is -2.34. The van der Waals surface area contributed by atoms with E-state index in [0.717, 1.165) is 4.90 Å². The average Bonchev–Trinajstić information content (AvgIpc) is 2.23. The van der Waals surface area contributed by atoms with Gasteiger partial charge < -0.3 is 19.7 Å². The molecule has 92 valence electrons. The van der Waals surface area contributed by atoms with Gasteiger partial charge in [0.15, 0.2) is 11.3 Å². The first kappa shape index (κ1) is 12.8. The summed E-state index contributed by atoms with van der Waals surface area (Å²) in [7, 11) is 0. The zero-order valence-electron chi connectivity index (χ0n) is 9.65. The summed E-state index contributed by atoms with van der Waals surface area (Å²) in [4.78, 5) is 22.8. The maximum atomic E-state index is 11.5. The molecule has 0 aliphatic carbocycles. The largest absolute Gasteiger partial charge is 0.550 e. The lowest BCUT2D eigenvalue weighted by Crippen LogP contribution is -2.53. The molecule has 0 radical (unpaired) electrons. The van der Waals surface area contributed by atoms with E-state index in [1.165, 1.54) is 6.92 Å². The predicted molar refractivity (Wildman–Crippen MR) is 52.1 cm³/mol. The molecule has 0 aromatic rings. The highest BCUT2D eigenvalue weighted by molar-refractivity contribution is 5.72. The summed E-state index contributed by atoms with van der Waals surface area (Å²) in [6, 6.07) is 0. The monoisotopic (exact) mass is 230 g/mol. The molecule has 1 aliphatic rings. The number of cyclic esters (lactones) is 1. The van der Waals surface area contributed by atoms with Crippen molar-refractivity contribution in [1.29, 1.82) is 0 Å². The van der Waals surface area contributed by atoms with Crippen molar-refractivity contribution in [1.82, 2.24) is 4.90 Å². The Morgan fingerprint density at radius 3 is 2.44 bits per heavy atom. The first-order chi connectivity index (χ1) is 7.18. The molecule has 1 atom stereocenters. The van der Waals surface area contributed by atoms with Gasteiger partial charge in [0, 0.05) is 12.5 Å². The molecule has 0 bridgehead atoms. The van der Waals surface area contributed by atoms with Crippen molar-refractivity contribution in [3.63, 3.8) is 0 Å². The van der Waals surface area contributed by atoms with Crippen LogP contribution in [0.4, 0.5) is 4.79 Å². The summed E-state index contributed by atoms with van der Waals surface area (Å²) in [6.45, 7) is 4.80. The minimum atomic E-state index is -1.43. The number of aliphatic hydroxyl groups is 1. The number of carboxylic acid groups (broad SMARTS) is 1. The number of carbonyl (C=O) groups is 2. The fourth-order valence-electron chi connectivity index (χ4n) is 1.56. The molecule has 1 saturated heterocycles. The van der Waals surface area contributed by atoms with E-state index in [4.69, 9.17) is 4.74 Å². The SMILES string of the molecule is CC1(C)OC(=O)N(CCCC(=O)[O-])C1(C)O. The maximum Gasteiger partial charge on any atom is 0.412 e. The van der Waals surface area contributed by atoms with E-state index in [1.807, 2.05) is 0 Å². The molecule has 6 heteroatoms. The van der Waals surface area contributed by atoms with Crippen LogP contribution in [0, 0.1) is 0 Å². The van der Waals surface area contributed by atoms with Crippen LogP contribution >= 0.6 is 0 Å². The van der Waals surface area contributed by atoms with Gasteiger partial charge in [-0.15, -0.1) is 0 Å². The second-order valence-electron chi connectivity index (χ2n) is 4.53. The zero-order valence-corrected chi connectivity index (χ0v) is 9.65. The molecule has 1 amide bonds. The Labute approximate surface area is 93.8 Å². The molecule has 0 saturated carbocycles. The number of hydrogen-bond acceptors (Lipinski definition) is 5. The van der Waals surface area contributed by atoms with Crippen molar-refractivity contribution in [2.45, 2.75) is 44.9 Å². The Balaban J connectivity index is 2.66.